The topological polar surface area (TPSA) is 67.4 Å². The molecule has 132 valence electrons. The van der Waals surface area contributed by atoms with Crippen molar-refractivity contribution in [2.75, 3.05) is 12.4 Å². The number of hydrogen-bond acceptors (Lipinski definition) is 4. The Hall–Kier alpha value is -2.47. The minimum absolute atomic E-state index is 0.159. The first-order valence-electron chi connectivity index (χ1n) is 7.91. The van der Waals surface area contributed by atoms with Crippen LogP contribution in [0.25, 0.3) is 0 Å². The first-order chi connectivity index (χ1) is 11.9. The lowest BCUT2D eigenvalue weighted by molar-refractivity contribution is -0.128. The number of hydrazine groups is 1. The summed E-state index contributed by atoms with van der Waals surface area (Å²) in [5.74, 6) is 0.179. The van der Waals surface area contributed by atoms with Crippen molar-refractivity contribution in [3.63, 3.8) is 0 Å². The smallest absolute Gasteiger partial charge is 0.276 e. The zero-order chi connectivity index (χ0) is 18.2. The summed E-state index contributed by atoms with van der Waals surface area (Å²) < 4.78 is 5.44. The lowest BCUT2D eigenvalue weighted by Gasteiger charge is -2.10. The molecule has 0 aliphatic carbocycles. The molecule has 0 saturated heterocycles. The Kier molecular flexibility index (Phi) is 6.89. The van der Waals surface area contributed by atoms with Crippen molar-refractivity contribution in [2.24, 2.45) is 0 Å². The van der Waals surface area contributed by atoms with E-state index in [4.69, 9.17) is 4.74 Å². The largest absolute Gasteiger partial charge is 0.484 e. The van der Waals surface area contributed by atoms with Gasteiger partial charge in [0.2, 0.25) is 5.91 Å². The van der Waals surface area contributed by atoms with E-state index in [0.717, 1.165) is 21.6 Å². The molecular weight excluding hydrogens is 336 g/mol. The number of rotatable bonds is 6. The normalized spacial score (nSPS) is 10.2. The van der Waals surface area contributed by atoms with Gasteiger partial charge in [-0.05, 0) is 55.7 Å². The van der Waals surface area contributed by atoms with Gasteiger partial charge >= 0.3 is 0 Å². The average molecular weight is 358 g/mol. The third-order valence-corrected chi connectivity index (χ3v) is 4.53. The van der Waals surface area contributed by atoms with Gasteiger partial charge in [0.1, 0.15) is 5.75 Å². The van der Waals surface area contributed by atoms with Gasteiger partial charge in [-0.3, -0.25) is 20.4 Å². The first kappa shape index (κ1) is 18.9. The zero-order valence-corrected chi connectivity index (χ0v) is 15.4. The van der Waals surface area contributed by atoms with E-state index in [0.29, 0.717) is 5.75 Å². The van der Waals surface area contributed by atoms with Gasteiger partial charge < -0.3 is 4.74 Å². The van der Waals surface area contributed by atoms with Crippen molar-refractivity contribution in [1.29, 1.82) is 0 Å². The number of amides is 2. The Morgan fingerprint density at radius 1 is 0.960 bits per heavy atom. The minimum Gasteiger partial charge on any atom is -0.484 e. The maximum atomic E-state index is 11.8. The summed E-state index contributed by atoms with van der Waals surface area (Å²) >= 11 is 1.43. The Bertz CT molecular complexity index is 742. The van der Waals surface area contributed by atoms with Gasteiger partial charge in [0.05, 0.1) is 5.75 Å². The highest BCUT2D eigenvalue weighted by molar-refractivity contribution is 8.00. The van der Waals surface area contributed by atoms with Gasteiger partial charge in [-0.2, -0.15) is 0 Å². The van der Waals surface area contributed by atoms with E-state index in [-0.39, 0.29) is 18.3 Å². The number of ether oxygens (including phenoxy) is 1. The maximum Gasteiger partial charge on any atom is 0.276 e. The summed E-state index contributed by atoms with van der Waals surface area (Å²) in [6.45, 7) is 5.76. The van der Waals surface area contributed by atoms with Crippen LogP contribution in [0.2, 0.25) is 0 Å². The molecule has 0 heterocycles. The molecule has 2 aromatic rings. The van der Waals surface area contributed by atoms with E-state index in [1.54, 1.807) is 0 Å². The Labute approximate surface area is 152 Å². The molecule has 5 nitrogen and oxygen atoms in total. The fourth-order valence-corrected chi connectivity index (χ4v) is 3.07. The average Bonchev–Trinajstić information content (AvgIpc) is 2.56. The van der Waals surface area contributed by atoms with Crippen LogP contribution in [0.1, 0.15) is 16.7 Å². The molecule has 0 aromatic heterocycles. The number of nitrogens with one attached hydrogen (secondary N) is 2. The Morgan fingerprint density at radius 2 is 1.60 bits per heavy atom. The SMILES string of the molecule is Cc1cc(C)cc(OCC(=O)NNC(=O)CSc2ccccc2C)c1. The number of thioether (sulfide) groups is 1. The number of carbonyl (C=O) groups excluding carboxylic acids is 2. The molecule has 0 atom stereocenters. The lowest BCUT2D eigenvalue weighted by atomic mass is 10.1. The zero-order valence-electron chi connectivity index (χ0n) is 14.6. The molecule has 0 aliphatic rings. The Balaban J connectivity index is 1.70. The second kappa shape index (κ2) is 9.13. The van der Waals surface area contributed by atoms with Crippen molar-refractivity contribution in [2.45, 2.75) is 25.7 Å². The van der Waals surface area contributed by atoms with Crippen LogP contribution in [0.5, 0.6) is 5.75 Å². The van der Waals surface area contributed by atoms with E-state index >= 15 is 0 Å². The van der Waals surface area contributed by atoms with Crippen LogP contribution in [0, 0.1) is 20.8 Å². The Morgan fingerprint density at radius 3 is 2.28 bits per heavy atom. The van der Waals surface area contributed by atoms with E-state index in [9.17, 15) is 9.59 Å². The van der Waals surface area contributed by atoms with Crippen LogP contribution < -0.4 is 15.6 Å². The van der Waals surface area contributed by atoms with Crippen molar-refractivity contribution in [3.05, 3.63) is 59.2 Å². The fourth-order valence-electron chi connectivity index (χ4n) is 2.24. The molecule has 2 N–H and O–H groups in total. The van der Waals surface area contributed by atoms with Crippen molar-refractivity contribution in [1.82, 2.24) is 10.9 Å². The van der Waals surface area contributed by atoms with Crippen LogP contribution in [-0.2, 0) is 9.59 Å². The van der Waals surface area contributed by atoms with Crippen molar-refractivity contribution in [3.8, 4) is 5.75 Å². The van der Waals surface area contributed by atoms with E-state index in [1.807, 2.05) is 63.2 Å². The summed E-state index contributed by atoms with van der Waals surface area (Å²) in [4.78, 5) is 24.6. The molecule has 0 spiro atoms. The monoisotopic (exact) mass is 358 g/mol. The van der Waals surface area contributed by atoms with Crippen LogP contribution in [0.3, 0.4) is 0 Å². The highest BCUT2D eigenvalue weighted by atomic mass is 32.2. The molecule has 0 unspecified atom stereocenters. The summed E-state index contributed by atoms with van der Waals surface area (Å²) in [6.07, 6.45) is 0. The number of carbonyl (C=O) groups is 2. The predicted molar refractivity (Wildman–Crippen MR) is 99.6 cm³/mol. The highest BCUT2D eigenvalue weighted by Gasteiger charge is 2.07. The van der Waals surface area contributed by atoms with Crippen LogP contribution >= 0.6 is 11.8 Å². The van der Waals surface area contributed by atoms with Gasteiger partial charge in [0.25, 0.3) is 5.91 Å². The molecule has 2 amide bonds. The van der Waals surface area contributed by atoms with Gasteiger partial charge in [-0.1, -0.05) is 24.3 Å². The summed E-state index contributed by atoms with van der Waals surface area (Å²) in [5.41, 5.74) is 8.00. The molecule has 0 aliphatic heterocycles. The molecule has 0 radical (unpaired) electrons. The second-order valence-corrected chi connectivity index (χ2v) is 6.78. The highest BCUT2D eigenvalue weighted by Crippen LogP contribution is 2.21. The van der Waals surface area contributed by atoms with Gasteiger partial charge in [0, 0.05) is 4.90 Å². The van der Waals surface area contributed by atoms with E-state index < -0.39 is 5.91 Å². The lowest BCUT2D eigenvalue weighted by Crippen LogP contribution is -2.44. The predicted octanol–water partition coefficient (Wildman–Crippen LogP) is 2.93. The van der Waals surface area contributed by atoms with E-state index in [1.165, 1.54) is 11.8 Å². The minimum atomic E-state index is -0.409. The molecule has 0 fully saturated rings. The number of benzene rings is 2. The molecule has 0 bridgehead atoms. The molecular formula is C19H22N2O3S. The molecule has 6 heteroatoms. The molecule has 0 saturated carbocycles. The van der Waals surface area contributed by atoms with Crippen LogP contribution in [0.4, 0.5) is 0 Å². The van der Waals surface area contributed by atoms with Gasteiger partial charge in [-0.25, -0.2) is 0 Å². The third kappa shape index (κ3) is 6.51. The number of aryl methyl sites for hydroxylation is 3. The first-order valence-corrected chi connectivity index (χ1v) is 8.90. The van der Waals surface area contributed by atoms with Crippen LogP contribution in [-0.4, -0.2) is 24.2 Å². The summed E-state index contributed by atoms with van der Waals surface area (Å²) in [7, 11) is 0. The fraction of sp³-hybridized carbons (Fsp3) is 0.263. The quantitative estimate of drug-likeness (QED) is 0.615. The van der Waals surface area contributed by atoms with Crippen molar-refractivity contribution >= 4 is 23.6 Å². The maximum absolute atomic E-state index is 11.8. The van der Waals surface area contributed by atoms with E-state index in [2.05, 4.69) is 10.9 Å². The second-order valence-electron chi connectivity index (χ2n) is 5.76. The van der Waals surface area contributed by atoms with Gasteiger partial charge in [0.15, 0.2) is 6.61 Å². The van der Waals surface area contributed by atoms with Crippen molar-refractivity contribution < 1.29 is 14.3 Å². The molecule has 25 heavy (non-hydrogen) atoms. The number of hydrogen-bond donors (Lipinski definition) is 2. The standard InChI is InChI=1S/C19H22N2O3S/c1-13-8-14(2)10-16(9-13)24-11-18(22)20-21-19(23)12-25-17-7-5-4-6-15(17)3/h4-10H,11-12H2,1-3H3,(H,20,22)(H,21,23). The molecule has 2 rings (SSSR count). The summed E-state index contributed by atoms with van der Waals surface area (Å²) in [5, 5.41) is 0. The van der Waals surface area contributed by atoms with Gasteiger partial charge in [-0.15, -0.1) is 11.8 Å². The third-order valence-electron chi connectivity index (χ3n) is 3.36. The molecule has 2 aromatic carbocycles. The van der Waals surface area contributed by atoms with Crippen LogP contribution in [0.15, 0.2) is 47.4 Å². The summed E-state index contributed by atoms with van der Waals surface area (Å²) in [6, 6.07) is 13.6.